The van der Waals surface area contributed by atoms with Gasteiger partial charge in [-0.1, -0.05) is 41.9 Å². The normalized spacial score (nSPS) is 12.2. The van der Waals surface area contributed by atoms with Crippen LogP contribution in [-0.4, -0.2) is 13.2 Å². The van der Waals surface area contributed by atoms with Gasteiger partial charge in [0.1, 0.15) is 5.75 Å². The Labute approximate surface area is 125 Å². The van der Waals surface area contributed by atoms with Gasteiger partial charge in [0, 0.05) is 17.6 Å². The highest BCUT2D eigenvalue weighted by atomic mass is 35.5. The minimum Gasteiger partial charge on any atom is -0.497 e. The summed E-state index contributed by atoms with van der Waals surface area (Å²) < 4.78 is 5.23. The lowest BCUT2D eigenvalue weighted by Crippen LogP contribution is -2.27. The van der Waals surface area contributed by atoms with E-state index < -0.39 is 0 Å². The van der Waals surface area contributed by atoms with E-state index >= 15 is 0 Å². The molecule has 0 aliphatic heterocycles. The predicted molar refractivity (Wildman–Crippen MR) is 84.5 cm³/mol. The maximum absolute atomic E-state index is 6.18. The molecule has 0 heterocycles. The number of hydrogen-bond donors (Lipinski definition) is 1. The summed E-state index contributed by atoms with van der Waals surface area (Å²) in [5.74, 6) is 0.892. The molecular formula is C17H20ClNO. The predicted octanol–water partition coefficient (Wildman–Crippen LogP) is 4.07. The highest BCUT2D eigenvalue weighted by molar-refractivity contribution is 6.31. The molecule has 2 nitrogen and oxygen atoms in total. The second-order valence-electron chi connectivity index (χ2n) is 4.93. The first kappa shape index (κ1) is 14.9. The third-order valence-electron chi connectivity index (χ3n) is 3.27. The topological polar surface area (TPSA) is 21.3 Å². The minimum absolute atomic E-state index is 0.362. The van der Waals surface area contributed by atoms with Gasteiger partial charge < -0.3 is 10.1 Å². The first-order valence-corrected chi connectivity index (χ1v) is 7.16. The summed E-state index contributed by atoms with van der Waals surface area (Å²) in [7, 11) is 1.69. The number of ether oxygens (including phenoxy) is 1. The summed E-state index contributed by atoms with van der Waals surface area (Å²) in [6.07, 6.45) is 0.920. The quantitative estimate of drug-likeness (QED) is 0.865. The monoisotopic (exact) mass is 289 g/mol. The lowest BCUT2D eigenvalue weighted by atomic mass is 10.1. The minimum atomic E-state index is 0.362. The van der Waals surface area contributed by atoms with Crippen LogP contribution < -0.4 is 10.1 Å². The number of rotatable bonds is 6. The van der Waals surface area contributed by atoms with E-state index in [1.54, 1.807) is 7.11 Å². The second-order valence-corrected chi connectivity index (χ2v) is 5.34. The lowest BCUT2D eigenvalue weighted by Gasteiger charge is -2.15. The van der Waals surface area contributed by atoms with Crippen molar-refractivity contribution in [3.8, 4) is 5.75 Å². The summed E-state index contributed by atoms with van der Waals surface area (Å²) in [5.41, 5.74) is 2.40. The molecule has 0 saturated heterocycles. The van der Waals surface area contributed by atoms with E-state index in [-0.39, 0.29) is 0 Å². The van der Waals surface area contributed by atoms with Gasteiger partial charge in [-0.2, -0.15) is 0 Å². The molecule has 20 heavy (non-hydrogen) atoms. The molecule has 0 saturated carbocycles. The van der Waals surface area contributed by atoms with Gasteiger partial charge in [-0.05, 0) is 42.7 Å². The van der Waals surface area contributed by atoms with Crippen LogP contribution in [0.1, 0.15) is 18.1 Å². The molecule has 0 fully saturated rings. The van der Waals surface area contributed by atoms with Crippen molar-refractivity contribution in [1.29, 1.82) is 0 Å². The Balaban J connectivity index is 1.89. The SMILES string of the molecule is COc1cccc(CNC(C)Cc2ccccc2Cl)c1. The number of hydrogen-bond acceptors (Lipinski definition) is 2. The maximum atomic E-state index is 6.18. The van der Waals surface area contributed by atoms with Crippen LogP contribution in [0.5, 0.6) is 5.75 Å². The van der Waals surface area contributed by atoms with Gasteiger partial charge in [0.05, 0.1) is 7.11 Å². The molecule has 0 spiro atoms. The van der Waals surface area contributed by atoms with Gasteiger partial charge >= 0.3 is 0 Å². The molecule has 1 N–H and O–H groups in total. The van der Waals surface area contributed by atoms with Crippen LogP contribution in [-0.2, 0) is 13.0 Å². The van der Waals surface area contributed by atoms with Crippen LogP contribution in [0.15, 0.2) is 48.5 Å². The largest absolute Gasteiger partial charge is 0.497 e. The van der Waals surface area contributed by atoms with Crippen LogP contribution >= 0.6 is 11.6 Å². The van der Waals surface area contributed by atoms with Crippen molar-refractivity contribution in [3.05, 3.63) is 64.7 Å². The third-order valence-corrected chi connectivity index (χ3v) is 3.64. The van der Waals surface area contributed by atoms with Crippen LogP contribution in [0.25, 0.3) is 0 Å². The van der Waals surface area contributed by atoms with Gasteiger partial charge in [-0.15, -0.1) is 0 Å². The molecule has 0 aliphatic rings. The van der Waals surface area contributed by atoms with Crippen LogP contribution in [0, 0.1) is 0 Å². The standard InChI is InChI=1S/C17H20ClNO/c1-13(10-15-7-3-4-9-17(15)18)19-12-14-6-5-8-16(11-14)20-2/h3-9,11,13,19H,10,12H2,1-2H3. The van der Waals surface area contributed by atoms with Crippen molar-refractivity contribution in [2.45, 2.75) is 25.9 Å². The average molecular weight is 290 g/mol. The number of benzene rings is 2. The van der Waals surface area contributed by atoms with Crippen molar-refractivity contribution in [3.63, 3.8) is 0 Å². The van der Waals surface area contributed by atoms with Gasteiger partial charge in [0.2, 0.25) is 0 Å². The van der Waals surface area contributed by atoms with Crippen molar-refractivity contribution >= 4 is 11.6 Å². The molecule has 0 radical (unpaired) electrons. The first-order valence-electron chi connectivity index (χ1n) is 6.79. The summed E-state index contributed by atoms with van der Waals surface area (Å²) in [5, 5.41) is 4.35. The third kappa shape index (κ3) is 4.26. The summed E-state index contributed by atoms with van der Waals surface area (Å²) in [6.45, 7) is 2.99. The number of nitrogens with one attached hydrogen (secondary N) is 1. The Morgan fingerprint density at radius 3 is 2.70 bits per heavy atom. The molecule has 0 bridgehead atoms. The van der Waals surface area contributed by atoms with E-state index in [1.807, 2.05) is 30.3 Å². The van der Waals surface area contributed by atoms with Crippen molar-refractivity contribution in [2.75, 3.05) is 7.11 Å². The molecule has 106 valence electrons. The highest BCUT2D eigenvalue weighted by Crippen LogP contribution is 2.17. The van der Waals surface area contributed by atoms with E-state index in [9.17, 15) is 0 Å². The van der Waals surface area contributed by atoms with E-state index in [0.717, 1.165) is 23.7 Å². The van der Waals surface area contributed by atoms with Crippen molar-refractivity contribution in [2.24, 2.45) is 0 Å². The van der Waals surface area contributed by atoms with Gasteiger partial charge in [-0.25, -0.2) is 0 Å². The molecule has 2 rings (SSSR count). The Bertz CT molecular complexity index is 556. The summed E-state index contributed by atoms with van der Waals surface area (Å²) in [4.78, 5) is 0. The zero-order valence-corrected chi connectivity index (χ0v) is 12.7. The van der Waals surface area contributed by atoms with E-state index in [1.165, 1.54) is 11.1 Å². The zero-order valence-electron chi connectivity index (χ0n) is 11.9. The molecule has 0 aromatic heterocycles. The van der Waals surface area contributed by atoms with Gasteiger partial charge in [-0.3, -0.25) is 0 Å². The molecule has 1 atom stereocenters. The van der Waals surface area contributed by atoms with E-state index in [0.29, 0.717) is 6.04 Å². The van der Waals surface area contributed by atoms with E-state index in [4.69, 9.17) is 16.3 Å². The molecule has 1 unspecified atom stereocenters. The van der Waals surface area contributed by atoms with E-state index in [2.05, 4.69) is 30.4 Å². The maximum Gasteiger partial charge on any atom is 0.119 e. The average Bonchev–Trinajstić information content (AvgIpc) is 2.48. The molecule has 2 aromatic carbocycles. The highest BCUT2D eigenvalue weighted by Gasteiger charge is 2.06. The summed E-state index contributed by atoms with van der Waals surface area (Å²) >= 11 is 6.18. The fourth-order valence-corrected chi connectivity index (χ4v) is 2.35. The zero-order chi connectivity index (χ0) is 14.4. The Morgan fingerprint density at radius 1 is 1.15 bits per heavy atom. The smallest absolute Gasteiger partial charge is 0.119 e. The molecular weight excluding hydrogens is 270 g/mol. The summed E-state index contributed by atoms with van der Waals surface area (Å²) in [6, 6.07) is 16.5. The van der Waals surface area contributed by atoms with Crippen LogP contribution in [0.3, 0.4) is 0 Å². The number of methoxy groups -OCH3 is 1. The number of halogens is 1. The Hall–Kier alpha value is -1.51. The molecule has 0 aliphatic carbocycles. The Morgan fingerprint density at radius 2 is 1.95 bits per heavy atom. The van der Waals surface area contributed by atoms with Gasteiger partial charge in [0.25, 0.3) is 0 Å². The lowest BCUT2D eigenvalue weighted by molar-refractivity contribution is 0.414. The van der Waals surface area contributed by atoms with Crippen LogP contribution in [0.4, 0.5) is 0 Å². The fraction of sp³-hybridized carbons (Fsp3) is 0.294. The molecule has 0 amide bonds. The van der Waals surface area contributed by atoms with Crippen molar-refractivity contribution < 1.29 is 4.74 Å². The molecule has 2 aromatic rings. The molecule has 3 heteroatoms. The van der Waals surface area contributed by atoms with Crippen LogP contribution in [0.2, 0.25) is 5.02 Å². The fourth-order valence-electron chi connectivity index (χ4n) is 2.14. The Kier molecular flexibility index (Phi) is 5.45. The second kappa shape index (κ2) is 7.32. The first-order chi connectivity index (χ1) is 9.69. The van der Waals surface area contributed by atoms with Gasteiger partial charge in [0.15, 0.2) is 0 Å². The van der Waals surface area contributed by atoms with Crippen molar-refractivity contribution in [1.82, 2.24) is 5.32 Å².